The van der Waals surface area contributed by atoms with Crippen LogP contribution >= 0.6 is 0 Å². The summed E-state index contributed by atoms with van der Waals surface area (Å²) >= 11 is 0. The summed E-state index contributed by atoms with van der Waals surface area (Å²) in [6, 6.07) is 12.6. The second-order valence-electron chi connectivity index (χ2n) is 7.56. The number of hydrogen-bond donors (Lipinski definition) is 1. The van der Waals surface area contributed by atoms with Crippen molar-refractivity contribution in [2.75, 3.05) is 13.2 Å². The van der Waals surface area contributed by atoms with E-state index in [0.29, 0.717) is 18.2 Å². The molecule has 0 aliphatic carbocycles. The molecule has 0 fully saturated rings. The van der Waals surface area contributed by atoms with E-state index < -0.39 is 6.04 Å². The van der Waals surface area contributed by atoms with E-state index >= 15 is 0 Å². The number of nitrogens with zero attached hydrogens (tertiary/aromatic N) is 1. The van der Waals surface area contributed by atoms with Crippen LogP contribution in [0, 0.1) is 18.7 Å². The monoisotopic (exact) mass is 400 g/mol. The minimum absolute atomic E-state index is 0.187. The number of carbonyl (C=O) groups excluding carboxylic acids is 2. The van der Waals surface area contributed by atoms with Crippen molar-refractivity contribution in [2.24, 2.45) is 5.92 Å². The smallest absolute Gasteiger partial charge is 0.261 e. The minimum atomic E-state index is -0.687. The van der Waals surface area contributed by atoms with Gasteiger partial charge in [0.05, 0.1) is 0 Å². The summed E-state index contributed by atoms with van der Waals surface area (Å²) in [4.78, 5) is 26.9. The van der Waals surface area contributed by atoms with Gasteiger partial charge in [-0.05, 0) is 49.6 Å². The molecule has 2 aromatic carbocycles. The molecule has 6 heteroatoms. The summed E-state index contributed by atoms with van der Waals surface area (Å²) in [5.74, 6) is -0.0106. The highest BCUT2D eigenvalue weighted by Gasteiger charge is 2.26. The van der Waals surface area contributed by atoms with Gasteiger partial charge in [-0.15, -0.1) is 0 Å². The number of nitrogens with one attached hydrogen (secondary N) is 1. The highest BCUT2D eigenvalue weighted by atomic mass is 19.1. The molecule has 29 heavy (non-hydrogen) atoms. The van der Waals surface area contributed by atoms with E-state index in [2.05, 4.69) is 5.32 Å². The maximum absolute atomic E-state index is 13.2. The highest BCUT2D eigenvalue weighted by Crippen LogP contribution is 2.14. The number of halogens is 1. The summed E-state index contributed by atoms with van der Waals surface area (Å²) in [6.07, 6.45) is 0. The summed E-state index contributed by atoms with van der Waals surface area (Å²) in [5, 5.41) is 2.86. The molecule has 1 atom stereocenters. The molecule has 0 radical (unpaired) electrons. The molecule has 0 aliphatic rings. The number of hydrogen-bond acceptors (Lipinski definition) is 3. The predicted molar refractivity (Wildman–Crippen MR) is 111 cm³/mol. The van der Waals surface area contributed by atoms with Gasteiger partial charge in [-0.2, -0.15) is 0 Å². The van der Waals surface area contributed by atoms with Gasteiger partial charge in [-0.1, -0.05) is 43.7 Å². The molecule has 0 heterocycles. The number of aryl methyl sites for hydroxylation is 1. The zero-order valence-corrected chi connectivity index (χ0v) is 17.4. The number of rotatable bonds is 9. The first-order valence-corrected chi connectivity index (χ1v) is 9.77. The molecule has 0 aliphatic heterocycles. The lowest BCUT2D eigenvalue weighted by Crippen LogP contribution is -2.49. The van der Waals surface area contributed by atoms with Gasteiger partial charge in [0.25, 0.3) is 5.91 Å². The second kappa shape index (κ2) is 10.6. The Morgan fingerprint density at radius 1 is 1.03 bits per heavy atom. The summed E-state index contributed by atoms with van der Waals surface area (Å²) in [7, 11) is 0. The molecule has 1 N–H and O–H groups in total. The van der Waals surface area contributed by atoms with Crippen LogP contribution in [0.3, 0.4) is 0 Å². The number of carbonyl (C=O) groups is 2. The lowest BCUT2D eigenvalue weighted by Gasteiger charge is -2.29. The van der Waals surface area contributed by atoms with Crippen molar-refractivity contribution >= 4 is 11.8 Å². The number of ether oxygens (including phenoxy) is 1. The molecule has 2 aromatic rings. The van der Waals surface area contributed by atoms with Crippen LogP contribution in [0.5, 0.6) is 5.75 Å². The molecule has 2 rings (SSSR count). The van der Waals surface area contributed by atoms with Crippen LogP contribution in [0.1, 0.15) is 31.9 Å². The maximum atomic E-state index is 13.2. The lowest BCUT2D eigenvalue weighted by atomic mass is 10.1. The van der Waals surface area contributed by atoms with Gasteiger partial charge >= 0.3 is 0 Å². The van der Waals surface area contributed by atoms with Crippen molar-refractivity contribution in [1.29, 1.82) is 0 Å². The fourth-order valence-electron chi connectivity index (χ4n) is 2.68. The summed E-state index contributed by atoms with van der Waals surface area (Å²) in [5.41, 5.74) is 1.83. The molecule has 156 valence electrons. The van der Waals surface area contributed by atoms with Crippen molar-refractivity contribution < 1.29 is 18.7 Å². The maximum Gasteiger partial charge on any atom is 0.261 e. The zero-order chi connectivity index (χ0) is 21.4. The zero-order valence-electron chi connectivity index (χ0n) is 17.4. The van der Waals surface area contributed by atoms with E-state index in [1.54, 1.807) is 31.2 Å². The number of benzene rings is 2. The van der Waals surface area contributed by atoms with Gasteiger partial charge in [0.2, 0.25) is 5.91 Å². The molecule has 2 amide bonds. The Hall–Kier alpha value is -2.89. The molecule has 5 nitrogen and oxygen atoms in total. The van der Waals surface area contributed by atoms with E-state index in [4.69, 9.17) is 4.74 Å². The molecular formula is C23H29FN2O3. The average molecular weight is 400 g/mol. The summed E-state index contributed by atoms with van der Waals surface area (Å²) < 4.78 is 18.8. The first kappa shape index (κ1) is 22.4. The molecule has 0 saturated carbocycles. The van der Waals surface area contributed by atoms with Crippen LogP contribution in [0.15, 0.2) is 48.5 Å². The fraction of sp³-hybridized carbons (Fsp3) is 0.391. The Kier molecular flexibility index (Phi) is 8.19. The Balaban J connectivity index is 2.10. The highest BCUT2D eigenvalue weighted by molar-refractivity contribution is 5.87. The van der Waals surface area contributed by atoms with Crippen LogP contribution in [0.2, 0.25) is 0 Å². The lowest BCUT2D eigenvalue weighted by molar-refractivity contribution is -0.142. The van der Waals surface area contributed by atoms with Crippen molar-refractivity contribution in [3.63, 3.8) is 0 Å². The van der Waals surface area contributed by atoms with Gasteiger partial charge in [0.1, 0.15) is 17.6 Å². The predicted octanol–water partition coefficient (Wildman–Crippen LogP) is 3.70. The van der Waals surface area contributed by atoms with E-state index in [9.17, 15) is 14.0 Å². The van der Waals surface area contributed by atoms with Crippen LogP contribution in [-0.4, -0.2) is 35.9 Å². The Morgan fingerprint density at radius 2 is 1.66 bits per heavy atom. The second-order valence-corrected chi connectivity index (χ2v) is 7.56. The molecule has 1 unspecified atom stereocenters. The fourth-order valence-corrected chi connectivity index (χ4v) is 2.68. The molecule has 0 saturated heterocycles. The Bertz CT molecular complexity index is 804. The van der Waals surface area contributed by atoms with Crippen molar-refractivity contribution in [3.8, 4) is 5.75 Å². The first-order chi connectivity index (χ1) is 13.8. The quantitative estimate of drug-likeness (QED) is 0.698. The van der Waals surface area contributed by atoms with Gasteiger partial charge < -0.3 is 15.0 Å². The van der Waals surface area contributed by atoms with Crippen LogP contribution in [0.4, 0.5) is 4.39 Å². The average Bonchev–Trinajstić information content (AvgIpc) is 2.70. The third-order valence-electron chi connectivity index (χ3n) is 4.50. The third-order valence-corrected chi connectivity index (χ3v) is 4.50. The van der Waals surface area contributed by atoms with Gasteiger partial charge in [-0.3, -0.25) is 9.59 Å². The van der Waals surface area contributed by atoms with E-state index in [1.165, 1.54) is 17.0 Å². The van der Waals surface area contributed by atoms with Gasteiger partial charge in [0, 0.05) is 13.1 Å². The van der Waals surface area contributed by atoms with Crippen molar-refractivity contribution in [3.05, 3.63) is 65.5 Å². The molecule has 0 bridgehead atoms. The topological polar surface area (TPSA) is 58.6 Å². The SMILES string of the molecule is Cc1ccc(OCC(=O)N(Cc2ccc(F)cc2)C(C)C(=O)NCC(C)C)cc1. The van der Waals surface area contributed by atoms with Crippen LogP contribution in [0.25, 0.3) is 0 Å². The van der Waals surface area contributed by atoms with E-state index in [-0.39, 0.29) is 30.8 Å². The minimum Gasteiger partial charge on any atom is -0.484 e. The first-order valence-electron chi connectivity index (χ1n) is 9.77. The van der Waals surface area contributed by atoms with Crippen molar-refractivity contribution in [2.45, 2.75) is 40.3 Å². The number of amides is 2. The third kappa shape index (κ3) is 7.22. The Morgan fingerprint density at radius 3 is 2.24 bits per heavy atom. The Labute approximate surface area is 171 Å². The standard InChI is InChI=1S/C23H29FN2O3/c1-16(2)13-25-23(28)18(4)26(14-19-7-9-20(24)10-8-19)22(27)15-29-21-11-5-17(3)6-12-21/h5-12,16,18H,13-15H2,1-4H3,(H,25,28). The van der Waals surface area contributed by atoms with E-state index in [0.717, 1.165) is 11.1 Å². The van der Waals surface area contributed by atoms with Crippen LogP contribution < -0.4 is 10.1 Å². The normalized spacial score (nSPS) is 11.8. The van der Waals surface area contributed by atoms with Gasteiger partial charge in [-0.25, -0.2) is 4.39 Å². The largest absolute Gasteiger partial charge is 0.484 e. The summed E-state index contributed by atoms with van der Waals surface area (Å²) in [6.45, 7) is 8.18. The van der Waals surface area contributed by atoms with Crippen molar-refractivity contribution in [1.82, 2.24) is 10.2 Å². The molecule has 0 spiro atoms. The van der Waals surface area contributed by atoms with E-state index in [1.807, 2.05) is 32.9 Å². The van der Waals surface area contributed by atoms with Gasteiger partial charge in [0.15, 0.2) is 6.61 Å². The molecular weight excluding hydrogens is 371 g/mol. The molecule has 0 aromatic heterocycles. The van der Waals surface area contributed by atoms with Crippen LogP contribution in [-0.2, 0) is 16.1 Å².